The van der Waals surface area contributed by atoms with Crippen LogP contribution in [-0.4, -0.2) is 22.2 Å². The first-order valence-corrected chi connectivity index (χ1v) is 9.63. The summed E-state index contributed by atoms with van der Waals surface area (Å²) in [6.07, 6.45) is 1.51. The van der Waals surface area contributed by atoms with Crippen molar-refractivity contribution in [3.05, 3.63) is 84.5 Å². The molecule has 7 heteroatoms. The number of methoxy groups -OCH3 is 1. The summed E-state index contributed by atoms with van der Waals surface area (Å²) in [6.45, 7) is 0. The third kappa shape index (κ3) is 3.53. The lowest BCUT2D eigenvalue weighted by atomic mass is 10.1. The number of hydrogen-bond acceptors (Lipinski definition) is 7. The van der Waals surface area contributed by atoms with Crippen LogP contribution in [0.5, 0.6) is 11.5 Å². The van der Waals surface area contributed by atoms with Gasteiger partial charge in [-0.05, 0) is 42.5 Å². The third-order valence-electron chi connectivity index (χ3n) is 4.94. The summed E-state index contributed by atoms with van der Waals surface area (Å²) in [5, 5.41) is 16.9. The Balaban J connectivity index is 1.66. The lowest BCUT2D eigenvalue weighted by molar-refractivity contribution is 0.373. The minimum atomic E-state index is 0.0641. The maximum atomic E-state index is 9.91. The van der Waals surface area contributed by atoms with Crippen LogP contribution in [-0.2, 0) is 0 Å². The predicted molar refractivity (Wildman–Crippen MR) is 119 cm³/mol. The van der Waals surface area contributed by atoms with E-state index in [-0.39, 0.29) is 5.75 Å². The zero-order chi connectivity index (χ0) is 21.2. The van der Waals surface area contributed by atoms with Gasteiger partial charge in [0.15, 0.2) is 17.3 Å². The molecular weight excluding hydrogens is 392 g/mol. The molecule has 0 bridgehead atoms. The fourth-order valence-electron chi connectivity index (χ4n) is 3.39. The Bertz CT molecular complexity index is 1470. The maximum absolute atomic E-state index is 9.91. The Morgan fingerprint density at radius 3 is 2.61 bits per heavy atom. The molecular formula is C24H18N4O3. The summed E-state index contributed by atoms with van der Waals surface area (Å²) in [7, 11) is 1.51. The minimum absolute atomic E-state index is 0.0641. The van der Waals surface area contributed by atoms with E-state index in [4.69, 9.17) is 9.15 Å². The molecule has 5 aromatic rings. The number of ether oxygens (including phenoxy) is 1. The highest BCUT2D eigenvalue weighted by atomic mass is 16.5. The molecule has 2 aromatic heterocycles. The fourth-order valence-corrected chi connectivity index (χ4v) is 3.39. The average Bonchev–Trinajstić information content (AvgIpc) is 2.82. The summed E-state index contributed by atoms with van der Waals surface area (Å²) >= 11 is 0. The SMILES string of the molecule is COc1cc(-c2cc(=NNc3ncnc4ccccc34)c3ccccc3o2)ccc1O. The Labute approximate surface area is 177 Å². The number of aromatic nitrogens is 2. The summed E-state index contributed by atoms with van der Waals surface area (Å²) in [5.74, 6) is 1.63. The normalized spacial score (nSPS) is 11.7. The molecule has 0 unspecified atom stereocenters. The predicted octanol–water partition coefficient (Wildman–Crippen LogP) is 4.69. The van der Waals surface area contributed by atoms with E-state index in [1.54, 1.807) is 18.2 Å². The quantitative estimate of drug-likeness (QED) is 0.418. The number of nitrogens with one attached hydrogen (secondary N) is 1. The number of aromatic hydroxyl groups is 1. The van der Waals surface area contributed by atoms with Gasteiger partial charge in [0.1, 0.15) is 17.7 Å². The highest BCUT2D eigenvalue weighted by molar-refractivity contribution is 5.88. The third-order valence-corrected chi connectivity index (χ3v) is 4.94. The van der Waals surface area contributed by atoms with Gasteiger partial charge in [-0.25, -0.2) is 9.97 Å². The number of phenolic OH excluding ortho intramolecular Hbond substituents is 1. The fraction of sp³-hybridized carbons (Fsp3) is 0.0417. The molecule has 2 N–H and O–H groups in total. The molecule has 0 aliphatic rings. The van der Waals surface area contributed by atoms with Crippen LogP contribution in [0.3, 0.4) is 0 Å². The number of rotatable bonds is 4. The largest absolute Gasteiger partial charge is 0.504 e. The summed E-state index contributed by atoms with van der Waals surface area (Å²) in [6, 6.07) is 22.3. The topological polar surface area (TPSA) is 92.8 Å². The Kier molecular flexibility index (Phi) is 4.68. The maximum Gasteiger partial charge on any atom is 0.161 e. The first-order chi connectivity index (χ1) is 15.2. The molecule has 0 saturated heterocycles. The van der Waals surface area contributed by atoms with Gasteiger partial charge in [0.25, 0.3) is 0 Å². The van der Waals surface area contributed by atoms with Crippen LogP contribution in [0, 0.1) is 0 Å². The monoisotopic (exact) mass is 410 g/mol. The summed E-state index contributed by atoms with van der Waals surface area (Å²) in [5.41, 5.74) is 5.34. The summed E-state index contributed by atoms with van der Waals surface area (Å²) < 4.78 is 11.3. The number of phenols is 1. The zero-order valence-electron chi connectivity index (χ0n) is 16.6. The van der Waals surface area contributed by atoms with Crippen LogP contribution >= 0.6 is 0 Å². The number of benzene rings is 3. The van der Waals surface area contributed by atoms with E-state index >= 15 is 0 Å². The van der Waals surface area contributed by atoms with Crippen LogP contribution < -0.4 is 15.5 Å². The first-order valence-electron chi connectivity index (χ1n) is 9.63. The van der Waals surface area contributed by atoms with Crippen molar-refractivity contribution in [2.45, 2.75) is 0 Å². The van der Waals surface area contributed by atoms with Crippen molar-refractivity contribution in [1.29, 1.82) is 0 Å². The van der Waals surface area contributed by atoms with Crippen LogP contribution in [0.1, 0.15) is 0 Å². The molecule has 5 rings (SSSR count). The van der Waals surface area contributed by atoms with E-state index < -0.39 is 0 Å². The van der Waals surface area contributed by atoms with Crippen molar-refractivity contribution in [2.24, 2.45) is 5.10 Å². The van der Waals surface area contributed by atoms with Gasteiger partial charge in [-0.2, -0.15) is 5.10 Å². The van der Waals surface area contributed by atoms with Gasteiger partial charge in [0, 0.05) is 22.4 Å². The van der Waals surface area contributed by atoms with Crippen LogP contribution in [0.25, 0.3) is 33.2 Å². The number of para-hydroxylation sites is 2. The van der Waals surface area contributed by atoms with Crippen molar-refractivity contribution in [3.63, 3.8) is 0 Å². The van der Waals surface area contributed by atoms with Gasteiger partial charge in [-0.1, -0.05) is 24.3 Å². The molecule has 3 aromatic carbocycles. The van der Waals surface area contributed by atoms with E-state index in [0.29, 0.717) is 28.3 Å². The highest BCUT2D eigenvalue weighted by Gasteiger charge is 2.10. The Morgan fingerprint density at radius 1 is 0.935 bits per heavy atom. The zero-order valence-corrected chi connectivity index (χ0v) is 16.6. The van der Waals surface area contributed by atoms with Gasteiger partial charge in [-0.15, -0.1) is 0 Å². The Hall–Kier alpha value is -4.39. The molecule has 7 nitrogen and oxygen atoms in total. The van der Waals surface area contributed by atoms with E-state index in [0.717, 1.165) is 21.9 Å². The smallest absolute Gasteiger partial charge is 0.161 e. The first kappa shape index (κ1) is 18.6. The van der Waals surface area contributed by atoms with Crippen LogP contribution in [0.15, 0.2) is 88.6 Å². The Morgan fingerprint density at radius 2 is 1.74 bits per heavy atom. The molecule has 0 aliphatic heterocycles. The van der Waals surface area contributed by atoms with Crippen LogP contribution in [0.2, 0.25) is 0 Å². The second-order valence-electron chi connectivity index (χ2n) is 6.84. The van der Waals surface area contributed by atoms with E-state index in [9.17, 15) is 5.11 Å². The second kappa shape index (κ2) is 7.79. The van der Waals surface area contributed by atoms with Gasteiger partial charge >= 0.3 is 0 Å². The van der Waals surface area contributed by atoms with Crippen molar-refractivity contribution in [2.75, 3.05) is 12.5 Å². The van der Waals surface area contributed by atoms with Crippen molar-refractivity contribution in [1.82, 2.24) is 9.97 Å². The van der Waals surface area contributed by atoms with E-state index in [1.807, 2.05) is 54.6 Å². The lowest BCUT2D eigenvalue weighted by Gasteiger charge is -2.08. The molecule has 0 fully saturated rings. The number of fused-ring (bicyclic) bond motifs is 2. The number of anilines is 1. The molecule has 0 spiro atoms. The minimum Gasteiger partial charge on any atom is -0.504 e. The van der Waals surface area contributed by atoms with Crippen molar-refractivity contribution >= 4 is 27.7 Å². The number of hydrogen-bond donors (Lipinski definition) is 2. The molecule has 0 aliphatic carbocycles. The second-order valence-corrected chi connectivity index (χ2v) is 6.84. The molecule has 0 amide bonds. The molecule has 0 radical (unpaired) electrons. The van der Waals surface area contributed by atoms with Gasteiger partial charge in [0.05, 0.1) is 18.0 Å². The standard InChI is InChI=1S/C24H18N4O3/c1-30-23-12-15(10-11-20(23)29)22-13-19(16-6-3-5-9-21(16)31-22)27-28-24-17-7-2-4-8-18(17)25-14-26-24/h2-14,29H,1H3,(H,25,26,28). The van der Waals surface area contributed by atoms with Gasteiger partial charge in [-0.3, -0.25) is 5.43 Å². The van der Waals surface area contributed by atoms with Crippen LogP contribution in [0.4, 0.5) is 5.82 Å². The lowest BCUT2D eigenvalue weighted by Crippen LogP contribution is -2.08. The van der Waals surface area contributed by atoms with E-state index in [2.05, 4.69) is 20.5 Å². The highest BCUT2D eigenvalue weighted by Crippen LogP contribution is 2.32. The summed E-state index contributed by atoms with van der Waals surface area (Å²) in [4.78, 5) is 8.62. The van der Waals surface area contributed by atoms with Gasteiger partial charge in [0.2, 0.25) is 0 Å². The molecule has 31 heavy (non-hydrogen) atoms. The molecule has 0 saturated carbocycles. The number of nitrogens with zero attached hydrogens (tertiary/aromatic N) is 3. The van der Waals surface area contributed by atoms with Gasteiger partial charge < -0.3 is 14.3 Å². The van der Waals surface area contributed by atoms with Crippen molar-refractivity contribution < 1.29 is 14.3 Å². The van der Waals surface area contributed by atoms with E-state index in [1.165, 1.54) is 13.4 Å². The average molecular weight is 410 g/mol. The molecule has 0 atom stereocenters. The van der Waals surface area contributed by atoms with Crippen molar-refractivity contribution in [3.8, 4) is 22.8 Å². The molecule has 152 valence electrons. The molecule has 2 heterocycles.